The highest BCUT2D eigenvalue weighted by Gasteiger charge is 2.30. The Morgan fingerprint density at radius 2 is 1.79 bits per heavy atom. The molecule has 0 aliphatic rings. The second-order valence-electron chi connectivity index (χ2n) is 5.93. The van der Waals surface area contributed by atoms with Crippen molar-refractivity contribution in [1.29, 1.82) is 0 Å². The zero-order valence-corrected chi connectivity index (χ0v) is 12.0. The molecule has 0 saturated carbocycles. The van der Waals surface area contributed by atoms with Gasteiger partial charge in [0.25, 0.3) is 0 Å². The molecule has 1 rings (SSSR count). The molecule has 19 heavy (non-hydrogen) atoms. The molecule has 1 atom stereocenters. The van der Waals surface area contributed by atoms with E-state index in [-0.39, 0.29) is 5.91 Å². The van der Waals surface area contributed by atoms with Crippen LogP contribution in [0.25, 0.3) is 0 Å². The summed E-state index contributed by atoms with van der Waals surface area (Å²) < 4.78 is 0. The van der Waals surface area contributed by atoms with E-state index >= 15 is 0 Å². The average Bonchev–Trinajstić information content (AvgIpc) is 2.29. The van der Waals surface area contributed by atoms with Gasteiger partial charge < -0.3 is 15.4 Å². The van der Waals surface area contributed by atoms with Gasteiger partial charge in [-0.05, 0) is 18.9 Å². The van der Waals surface area contributed by atoms with Crippen LogP contribution in [0.1, 0.15) is 31.9 Å². The van der Waals surface area contributed by atoms with E-state index in [1.807, 2.05) is 31.2 Å². The number of amides is 1. The zero-order valence-electron chi connectivity index (χ0n) is 12.0. The molecule has 4 nitrogen and oxygen atoms in total. The van der Waals surface area contributed by atoms with E-state index in [4.69, 9.17) is 0 Å². The third-order valence-corrected chi connectivity index (χ3v) is 2.93. The largest absolute Gasteiger partial charge is 0.475 e. The summed E-state index contributed by atoms with van der Waals surface area (Å²) in [7, 11) is -1.58. The number of nitrogens with one attached hydrogen (secondary N) is 1. The highest BCUT2D eigenvalue weighted by Crippen LogP contribution is 2.14. The molecule has 104 valence electrons. The highest BCUT2D eigenvalue weighted by atomic mass is 16.4. The van der Waals surface area contributed by atoms with Crippen molar-refractivity contribution in [1.82, 2.24) is 5.32 Å². The van der Waals surface area contributed by atoms with Crippen LogP contribution in [0.2, 0.25) is 0 Å². The van der Waals surface area contributed by atoms with E-state index in [9.17, 15) is 14.8 Å². The third-order valence-electron chi connectivity index (χ3n) is 2.93. The van der Waals surface area contributed by atoms with Gasteiger partial charge in [-0.1, -0.05) is 50.6 Å². The van der Waals surface area contributed by atoms with Crippen molar-refractivity contribution in [2.45, 2.75) is 40.1 Å². The minimum atomic E-state index is -1.58. The monoisotopic (exact) mass is 263 g/mol. The Balaban J connectivity index is 2.74. The van der Waals surface area contributed by atoms with Crippen molar-refractivity contribution in [3.63, 3.8) is 0 Å². The van der Waals surface area contributed by atoms with E-state index in [2.05, 4.69) is 5.32 Å². The Hall–Kier alpha value is -1.33. The number of carbonyl (C=O) groups excluding carboxylic acids is 1. The van der Waals surface area contributed by atoms with Crippen LogP contribution in [-0.2, 0) is 11.2 Å². The minimum absolute atomic E-state index is 0.197. The van der Waals surface area contributed by atoms with Crippen LogP contribution in [0, 0.1) is 12.3 Å². The first kappa shape index (κ1) is 15.7. The van der Waals surface area contributed by atoms with Crippen LogP contribution < -0.4 is 5.32 Å². The topological polar surface area (TPSA) is 69.6 Å². The van der Waals surface area contributed by atoms with Crippen molar-refractivity contribution in [2.24, 2.45) is 5.41 Å². The first-order chi connectivity index (χ1) is 8.70. The van der Waals surface area contributed by atoms with Crippen molar-refractivity contribution in [3.8, 4) is 0 Å². The summed E-state index contributed by atoms with van der Waals surface area (Å²) in [5, 5.41) is 21.4. The third kappa shape index (κ3) is 5.05. The van der Waals surface area contributed by atoms with Crippen molar-refractivity contribution in [2.75, 3.05) is 0 Å². The number of aryl methyl sites for hydroxylation is 1. The van der Waals surface area contributed by atoms with Gasteiger partial charge in [-0.3, -0.25) is 4.79 Å². The normalized spacial score (nSPS) is 12.9. The lowest BCUT2D eigenvalue weighted by Crippen LogP contribution is -2.51. The molecule has 0 aliphatic carbocycles. The molecule has 1 amide bonds. The standard InChI is InChI=1S/C14H22BNO3/c1-10-5-7-11(8-6-10)9-12(15(18)19)16-13(17)14(2,3)4/h5-8,12,18-19H,9H2,1-4H3,(H,16,17)/t12-/m0/s1. The van der Waals surface area contributed by atoms with Crippen LogP contribution >= 0.6 is 0 Å². The van der Waals surface area contributed by atoms with E-state index in [1.54, 1.807) is 20.8 Å². The van der Waals surface area contributed by atoms with Crippen molar-refractivity contribution in [3.05, 3.63) is 35.4 Å². The fraction of sp³-hybridized carbons (Fsp3) is 0.500. The van der Waals surface area contributed by atoms with Gasteiger partial charge in [-0.25, -0.2) is 0 Å². The lowest BCUT2D eigenvalue weighted by Gasteiger charge is -2.24. The predicted molar refractivity (Wildman–Crippen MR) is 76.5 cm³/mol. The molecule has 0 unspecified atom stereocenters. The molecule has 0 radical (unpaired) electrons. The maximum absolute atomic E-state index is 11.9. The van der Waals surface area contributed by atoms with Crippen molar-refractivity contribution >= 4 is 13.0 Å². The second-order valence-corrected chi connectivity index (χ2v) is 5.93. The number of hydrogen-bond donors (Lipinski definition) is 3. The quantitative estimate of drug-likeness (QED) is 0.712. The number of benzene rings is 1. The Kier molecular flexibility index (Phi) is 5.15. The Morgan fingerprint density at radius 3 is 2.21 bits per heavy atom. The summed E-state index contributed by atoms with van der Waals surface area (Å²) in [4.78, 5) is 11.9. The van der Waals surface area contributed by atoms with Gasteiger partial charge in [0.1, 0.15) is 0 Å². The van der Waals surface area contributed by atoms with E-state index < -0.39 is 18.5 Å². The van der Waals surface area contributed by atoms with E-state index in [0.29, 0.717) is 6.42 Å². The van der Waals surface area contributed by atoms with Crippen LogP contribution in [0.15, 0.2) is 24.3 Å². The molecule has 1 aromatic carbocycles. The van der Waals surface area contributed by atoms with Gasteiger partial charge in [0, 0.05) is 5.41 Å². The van der Waals surface area contributed by atoms with Crippen LogP contribution in [0.3, 0.4) is 0 Å². The molecule has 1 aromatic rings. The molecule has 0 bridgehead atoms. The van der Waals surface area contributed by atoms with Gasteiger partial charge in [0.2, 0.25) is 5.91 Å². The lowest BCUT2D eigenvalue weighted by molar-refractivity contribution is -0.128. The maximum Gasteiger partial charge on any atom is 0.475 e. The first-order valence-corrected chi connectivity index (χ1v) is 6.43. The summed E-state index contributed by atoms with van der Waals surface area (Å²) in [5.74, 6) is -0.896. The Bertz CT molecular complexity index is 423. The van der Waals surface area contributed by atoms with Gasteiger partial charge in [0.05, 0.1) is 5.94 Å². The van der Waals surface area contributed by atoms with Gasteiger partial charge in [-0.2, -0.15) is 0 Å². The van der Waals surface area contributed by atoms with Crippen LogP contribution in [0.4, 0.5) is 0 Å². The summed E-state index contributed by atoms with van der Waals surface area (Å²) in [6.45, 7) is 7.35. The maximum atomic E-state index is 11.9. The zero-order chi connectivity index (χ0) is 14.6. The van der Waals surface area contributed by atoms with E-state index in [1.165, 1.54) is 0 Å². The van der Waals surface area contributed by atoms with Crippen molar-refractivity contribution < 1.29 is 14.8 Å². The molecule has 0 aromatic heterocycles. The first-order valence-electron chi connectivity index (χ1n) is 6.43. The van der Waals surface area contributed by atoms with Gasteiger partial charge in [0.15, 0.2) is 0 Å². The smallest absolute Gasteiger partial charge is 0.426 e. The molecule has 0 heterocycles. The molecular formula is C14H22BNO3. The van der Waals surface area contributed by atoms with Gasteiger partial charge in [-0.15, -0.1) is 0 Å². The fourth-order valence-electron chi connectivity index (χ4n) is 1.59. The molecule has 0 spiro atoms. The SMILES string of the molecule is Cc1ccc(C[C@H](NC(=O)C(C)(C)C)B(O)O)cc1. The average molecular weight is 263 g/mol. The lowest BCUT2D eigenvalue weighted by atomic mass is 9.75. The number of carbonyl (C=O) groups is 1. The second kappa shape index (κ2) is 6.22. The Morgan fingerprint density at radius 1 is 1.26 bits per heavy atom. The summed E-state index contributed by atoms with van der Waals surface area (Å²) in [6, 6.07) is 7.77. The molecule has 0 fully saturated rings. The fourth-order valence-corrected chi connectivity index (χ4v) is 1.59. The molecule has 3 N–H and O–H groups in total. The summed E-state index contributed by atoms with van der Waals surface area (Å²) in [5.41, 5.74) is 1.54. The van der Waals surface area contributed by atoms with Gasteiger partial charge >= 0.3 is 7.12 Å². The number of rotatable bonds is 4. The molecule has 0 saturated heterocycles. The Labute approximate surface area is 115 Å². The van der Waals surface area contributed by atoms with Crippen LogP contribution in [-0.4, -0.2) is 29.0 Å². The molecule has 5 heteroatoms. The summed E-state index contributed by atoms with van der Waals surface area (Å²) >= 11 is 0. The highest BCUT2D eigenvalue weighted by molar-refractivity contribution is 6.43. The van der Waals surface area contributed by atoms with E-state index in [0.717, 1.165) is 11.1 Å². The van der Waals surface area contributed by atoms with Crippen LogP contribution in [0.5, 0.6) is 0 Å². The molecular weight excluding hydrogens is 241 g/mol. The minimum Gasteiger partial charge on any atom is -0.426 e. The number of hydrogen-bond acceptors (Lipinski definition) is 3. The summed E-state index contributed by atoms with van der Waals surface area (Å²) in [6.07, 6.45) is 0.389. The molecule has 0 aliphatic heterocycles. The predicted octanol–water partition coefficient (Wildman–Crippen LogP) is 1.08.